The SMILES string of the molecule is Cc1ccc(C(=O)NC(C)C2CC3CCC2C3)s1. The second-order valence-corrected chi connectivity index (χ2v) is 7.30. The minimum atomic E-state index is 0.114. The Balaban J connectivity index is 1.61. The lowest BCUT2D eigenvalue weighted by atomic mass is 9.84. The highest BCUT2D eigenvalue weighted by Crippen LogP contribution is 2.49. The van der Waals surface area contributed by atoms with E-state index in [0.717, 1.165) is 16.7 Å². The lowest BCUT2D eigenvalue weighted by Crippen LogP contribution is -2.39. The van der Waals surface area contributed by atoms with E-state index >= 15 is 0 Å². The molecule has 2 bridgehead atoms. The number of nitrogens with one attached hydrogen (secondary N) is 1. The van der Waals surface area contributed by atoms with Crippen molar-refractivity contribution in [3.8, 4) is 0 Å². The van der Waals surface area contributed by atoms with Crippen molar-refractivity contribution >= 4 is 17.2 Å². The maximum atomic E-state index is 12.1. The molecule has 3 rings (SSSR count). The normalized spacial score (nSPS) is 31.6. The Kier molecular flexibility index (Phi) is 3.18. The first-order chi connectivity index (χ1) is 8.63. The average Bonchev–Trinajstić information content (AvgIpc) is 3.03. The molecule has 2 nitrogen and oxygen atoms in total. The summed E-state index contributed by atoms with van der Waals surface area (Å²) < 4.78 is 0. The first-order valence-electron chi connectivity index (χ1n) is 7.01. The van der Waals surface area contributed by atoms with Crippen molar-refractivity contribution in [2.75, 3.05) is 0 Å². The van der Waals surface area contributed by atoms with E-state index in [1.54, 1.807) is 11.3 Å². The van der Waals surface area contributed by atoms with E-state index in [-0.39, 0.29) is 5.91 Å². The third-order valence-corrected chi connectivity index (χ3v) is 5.76. The fourth-order valence-corrected chi connectivity index (χ4v) is 4.62. The van der Waals surface area contributed by atoms with Gasteiger partial charge in [0.2, 0.25) is 0 Å². The lowest BCUT2D eigenvalue weighted by Gasteiger charge is -2.28. The first-order valence-corrected chi connectivity index (χ1v) is 7.82. The summed E-state index contributed by atoms with van der Waals surface area (Å²) in [6.45, 7) is 4.23. The van der Waals surface area contributed by atoms with Gasteiger partial charge in [-0.25, -0.2) is 0 Å². The van der Waals surface area contributed by atoms with Gasteiger partial charge in [-0.15, -0.1) is 11.3 Å². The number of hydrogen-bond acceptors (Lipinski definition) is 2. The third kappa shape index (κ3) is 2.20. The first kappa shape index (κ1) is 12.2. The predicted octanol–water partition coefficient (Wildman–Crippen LogP) is 3.61. The summed E-state index contributed by atoms with van der Waals surface area (Å²) in [5.41, 5.74) is 0. The van der Waals surface area contributed by atoms with E-state index in [9.17, 15) is 4.79 Å². The highest BCUT2D eigenvalue weighted by Gasteiger charge is 2.42. The molecular weight excluding hydrogens is 242 g/mol. The van der Waals surface area contributed by atoms with Crippen LogP contribution in [0.15, 0.2) is 12.1 Å². The number of fused-ring (bicyclic) bond motifs is 2. The Labute approximate surface area is 113 Å². The number of carbonyl (C=O) groups excluding carboxylic acids is 1. The standard InChI is InChI=1S/C15H21NOS/c1-9-3-6-14(18-9)15(17)16-10(2)13-8-11-4-5-12(13)7-11/h3,6,10-13H,4-5,7-8H2,1-2H3,(H,16,17). The zero-order valence-electron chi connectivity index (χ0n) is 11.1. The average molecular weight is 263 g/mol. The van der Waals surface area contributed by atoms with Crippen molar-refractivity contribution in [3.05, 3.63) is 21.9 Å². The molecule has 2 saturated carbocycles. The van der Waals surface area contributed by atoms with Crippen LogP contribution in [0.5, 0.6) is 0 Å². The maximum absolute atomic E-state index is 12.1. The van der Waals surface area contributed by atoms with Gasteiger partial charge < -0.3 is 5.32 Å². The summed E-state index contributed by atoms with van der Waals surface area (Å²) in [6.07, 6.45) is 5.54. The second kappa shape index (κ2) is 4.69. The van der Waals surface area contributed by atoms with Crippen LogP contribution in [0.25, 0.3) is 0 Å². The van der Waals surface area contributed by atoms with Crippen molar-refractivity contribution in [2.45, 2.75) is 45.6 Å². The lowest BCUT2D eigenvalue weighted by molar-refractivity contribution is 0.0919. The molecule has 4 unspecified atom stereocenters. The zero-order chi connectivity index (χ0) is 12.7. The number of hydrogen-bond donors (Lipinski definition) is 1. The Morgan fingerprint density at radius 3 is 2.78 bits per heavy atom. The van der Waals surface area contributed by atoms with Gasteiger partial charge in [-0.2, -0.15) is 0 Å². The molecule has 0 saturated heterocycles. The molecule has 1 heterocycles. The van der Waals surface area contributed by atoms with Gasteiger partial charge in [0.1, 0.15) is 0 Å². The summed E-state index contributed by atoms with van der Waals surface area (Å²) in [6, 6.07) is 4.28. The maximum Gasteiger partial charge on any atom is 0.261 e. The molecule has 2 fully saturated rings. The Bertz CT molecular complexity index is 453. The Morgan fingerprint density at radius 2 is 2.22 bits per heavy atom. The molecule has 1 aromatic rings. The van der Waals surface area contributed by atoms with Crippen LogP contribution in [-0.2, 0) is 0 Å². The van der Waals surface area contributed by atoms with E-state index in [1.807, 2.05) is 19.1 Å². The fraction of sp³-hybridized carbons (Fsp3) is 0.667. The molecule has 2 aliphatic carbocycles. The zero-order valence-corrected chi connectivity index (χ0v) is 11.9. The van der Waals surface area contributed by atoms with Crippen LogP contribution >= 0.6 is 11.3 Å². The largest absolute Gasteiger partial charge is 0.349 e. The number of thiophene rings is 1. The minimum absolute atomic E-state index is 0.114. The Hall–Kier alpha value is -0.830. The predicted molar refractivity (Wildman–Crippen MR) is 74.9 cm³/mol. The Morgan fingerprint density at radius 1 is 1.39 bits per heavy atom. The summed E-state index contributed by atoms with van der Waals surface area (Å²) in [4.78, 5) is 14.2. The van der Waals surface area contributed by atoms with Gasteiger partial charge in [0.15, 0.2) is 0 Å². The molecule has 0 spiro atoms. The molecule has 4 atom stereocenters. The van der Waals surface area contributed by atoms with Gasteiger partial charge in [0.05, 0.1) is 4.88 Å². The molecule has 18 heavy (non-hydrogen) atoms. The van der Waals surface area contributed by atoms with E-state index in [2.05, 4.69) is 12.2 Å². The summed E-state index contributed by atoms with van der Waals surface area (Å²) in [7, 11) is 0. The van der Waals surface area contributed by atoms with E-state index in [4.69, 9.17) is 0 Å². The van der Waals surface area contributed by atoms with E-state index in [0.29, 0.717) is 12.0 Å². The summed E-state index contributed by atoms with van der Waals surface area (Å²) >= 11 is 1.58. The third-order valence-electron chi connectivity index (χ3n) is 4.76. The monoisotopic (exact) mass is 263 g/mol. The number of rotatable bonds is 3. The number of carbonyl (C=O) groups is 1. The molecule has 1 aromatic heterocycles. The van der Waals surface area contributed by atoms with Gasteiger partial charge in [-0.1, -0.05) is 6.42 Å². The van der Waals surface area contributed by atoms with Crippen molar-refractivity contribution in [1.82, 2.24) is 5.32 Å². The second-order valence-electron chi connectivity index (χ2n) is 6.01. The van der Waals surface area contributed by atoms with Crippen LogP contribution in [0.1, 0.15) is 47.2 Å². The van der Waals surface area contributed by atoms with E-state index < -0.39 is 0 Å². The van der Waals surface area contributed by atoms with Crippen molar-refractivity contribution in [3.63, 3.8) is 0 Å². The smallest absolute Gasteiger partial charge is 0.261 e. The summed E-state index contributed by atoms with van der Waals surface area (Å²) in [5.74, 6) is 2.65. The molecule has 1 amide bonds. The molecule has 3 heteroatoms. The molecular formula is C15H21NOS. The molecule has 98 valence electrons. The summed E-state index contributed by atoms with van der Waals surface area (Å²) in [5, 5.41) is 3.21. The molecule has 0 radical (unpaired) electrons. The van der Waals surface area contributed by atoms with Gasteiger partial charge >= 0.3 is 0 Å². The molecule has 0 aromatic carbocycles. The number of amides is 1. The van der Waals surface area contributed by atoms with Gasteiger partial charge in [0, 0.05) is 10.9 Å². The topological polar surface area (TPSA) is 29.1 Å². The van der Waals surface area contributed by atoms with E-state index in [1.165, 1.54) is 30.6 Å². The van der Waals surface area contributed by atoms with Crippen molar-refractivity contribution in [1.29, 1.82) is 0 Å². The minimum Gasteiger partial charge on any atom is -0.349 e. The van der Waals surface area contributed by atoms with Crippen LogP contribution < -0.4 is 5.32 Å². The van der Waals surface area contributed by atoms with Crippen LogP contribution in [-0.4, -0.2) is 11.9 Å². The number of aryl methyl sites for hydroxylation is 1. The van der Waals surface area contributed by atoms with Crippen LogP contribution in [0.2, 0.25) is 0 Å². The fourth-order valence-electron chi connectivity index (χ4n) is 3.85. The van der Waals surface area contributed by atoms with Crippen LogP contribution in [0.3, 0.4) is 0 Å². The van der Waals surface area contributed by atoms with Crippen LogP contribution in [0.4, 0.5) is 0 Å². The van der Waals surface area contributed by atoms with Crippen LogP contribution in [0, 0.1) is 24.7 Å². The molecule has 1 N–H and O–H groups in total. The highest BCUT2D eigenvalue weighted by atomic mass is 32.1. The van der Waals surface area contributed by atoms with Gasteiger partial charge in [-0.05, 0) is 63.0 Å². The van der Waals surface area contributed by atoms with Gasteiger partial charge in [-0.3, -0.25) is 4.79 Å². The molecule has 0 aliphatic heterocycles. The van der Waals surface area contributed by atoms with Crippen molar-refractivity contribution in [2.24, 2.45) is 17.8 Å². The van der Waals surface area contributed by atoms with Gasteiger partial charge in [0.25, 0.3) is 5.91 Å². The van der Waals surface area contributed by atoms with Crippen molar-refractivity contribution < 1.29 is 4.79 Å². The quantitative estimate of drug-likeness (QED) is 0.887. The molecule has 2 aliphatic rings. The highest BCUT2D eigenvalue weighted by molar-refractivity contribution is 7.13.